The predicted octanol–water partition coefficient (Wildman–Crippen LogP) is 3.49. The molecule has 0 amide bonds. The van der Waals surface area contributed by atoms with E-state index in [0.717, 1.165) is 25.3 Å². The second-order valence-electron chi connectivity index (χ2n) is 4.01. The summed E-state index contributed by atoms with van der Waals surface area (Å²) in [4.78, 5) is 22.7. The molecule has 3 nitrogen and oxygen atoms in total. The van der Waals surface area contributed by atoms with Crippen LogP contribution in [-0.4, -0.2) is 36.9 Å². The third kappa shape index (κ3) is 2.77. The molecule has 0 spiro atoms. The normalized spacial score (nSPS) is 12.9. The number of benzene rings is 1. The Balaban J connectivity index is 3.41. The van der Waals surface area contributed by atoms with Crippen LogP contribution in [0.2, 0.25) is 0 Å². The number of carbonyl (C=O) groups excluding carboxylic acids is 2. The molecule has 0 aliphatic carbocycles. The number of hydrogen-bond donors (Lipinski definition) is 0. The fourth-order valence-corrected chi connectivity index (χ4v) is 1.46. The molecule has 0 bridgehead atoms. The van der Waals surface area contributed by atoms with Gasteiger partial charge in [0, 0.05) is 5.56 Å². The first-order chi connectivity index (χ1) is 9.88. The van der Waals surface area contributed by atoms with Crippen molar-refractivity contribution in [3.63, 3.8) is 0 Å². The van der Waals surface area contributed by atoms with Crippen molar-refractivity contribution in [3.05, 3.63) is 35.4 Å². The van der Waals surface area contributed by atoms with Crippen molar-refractivity contribution < 1.29 is 45.1 Å². The van der Waals surface area contributed by atoms with Crippen LogP contribution in [0.4, 0.5) is 30.7 Å². The van der Waals surface area contributed by atoms with Crippen molar-refractivity contribution in [2.75, 3.05) is 7.11 Å². The summed E-state index contributed by atoms with van der Waals surface area (Å²) >= 11 is 0. The van der Waals surface area contributed by atoms with Crippen LogP contribution in [-0.2, 0) is 4.74 Å². The lowest BCUT2D eigenvalue weighted by Gasteiger charge is -2.27. The smallest absolute Gasteiger partial charge is 0.460 e. The van der Waals surface area contributed by atoms with Crippen LogP contribution in [0, 0.1) is 0 Å². The minimum Gasteiger partial charge on any atom is -0.465 e. The molecule has 10 heteroatoms. The summed E-state index contributed by atoms with van der Waals surface area (Å²) in [5.74, 6) is -16.9. The molecule has 0 saturated carbocycles. The highest BCUT2D eigenvalue weighted by Gasteiger charge is 2.76. The topological polar surface area (TPSA) is 43.4 Å². The van der Waals surface area contributed by atoms with Crippen LogP contribution in [0.15, 0.2) is 24.3 Å². The Bertz CT molecular complexity index is 593. The van der Waals surface area contributed by atoms with Crippen molar-refractivity contribution in [1.29, 1.82) is 0 Å². The summed E-state index contributed by atoms with van der Waals surface area (Å²) in [7, 11) is 0.812. The Morgan fingerprint density at radius 2 is 1.36 bits per heavy atom. The first-order valence-corrected chi connectivity index (χ1v) is 5.42. The second kappa shape index (κ2) is 5.58. The number of halogens is 7. The van der Waals surface area contributed by atoms with Gasteiger partial charge in [-0.05, 0) is 6.07 Å². The molecule has 1 aromatic rings. The van der Waals surface area contributed by atoms with E-state index in [1.807, 2.05) is 0 Å². The van der Waals surface area contributed by atoms with Crippen molar-refractivity contribution in [2.45, 2.75) is 18.0 Å². The molecule has 0 aliphatic rings. The molecular weight excluding hydrogens is 325 g/mol. The SMILES string of the molecule is COC(=O)c1ccccc1C(=O)C(F)(F)C(F)(F)C(F)(F)F. The van der Waals surface area contributed by atoms with Gasteiger partial charge in [-0.15, -0.1) is 0 Å². The predicted molar refractivity (Wildman–Crippen MR) is 58.1 cm³/mol. The van der Waals surface area contributed by atoms with Gasteiger partial charge in [0.15, 0.2) is 0 Å². The van der Waals surface area contributed by atoms with Crippen molar-refractivity contribution in [1.82, 2.24) is 0 Å². The standard InChI is InChI=1S/C12H7F7O3/c1-22-9(21)7-5-3-2-4-6(7)8(20)10(13,14)11(15,16)12(17,18)19/h2-5H,1H3. The Morgan fingerprint density at radius 1 is 0.909 bits per heavy atom. The lowest BCUT2D eigenvalue weighted by atomic mass is 9.96. The highest BCUT2D eigenvalue weighted by molar-refractivity contribution is 6.09. The highest BCUT2D eigenvalue weighted by atomic mass is 19.4. The molecule has 0 heterocycles. The maximum absolute atomic E-state index is 13.4. The first kappa shape index (κ1) is 17.9. The summed E-state index contributed by atoms with van der Waals surface area (Å²) in [6.07, 6.45) is -6.65. The maximum Gasteiger partial charge on any atom is 0.460 e. The molecule has 0 fully saturated rings. The van der Waals surface area contributed by atoms with Crippen LogP contribution in [0.1, 0.15) is 20.7 Å². The van der Waals surface area contributed by atoms with Crippen LogP contribution < -0.4 is 0 Å². The third-order valence-electron chi connectivity index (χ3n) is 2.61. The molecule has 1 aromatic carbocycles. The molecule has 0 aromatic heterocycles. The van der Waals surface area contributed by atoms with Crippen LogP contribution in [0.3, 0.4) is 0 Å². The Hall–Kier alpha value is -2.13. The van der Waals surface area contributed by atoms with Gasteiger partial charge in [-0.2, -0.15) is 30.7 Å². The van der Waals surface area contributed by atoms with Crippen LogP contribution in [0.5, 0.6) is 0 Å². The first-order valence-electron chi connectivity index (χ1n) is 5.42. The van der Waals surface area contributed by atoms with Gasteiger partial charge in [0.2, 0.25) is 5.78 Å². The van der Waals surface area contributed by atoms with Gasteiger partial charge in [-0.3, -0.25) is 4.79 Å². The average molecular weight is 332 g/mol. The van der Waals surface area contributed by atoms with Crippen molar-refractivity contribution in [2.24, 2.45) is 0 Å². The van der Waals surface area contributed by atoms with E-state index in [-0.39, 0.29) is 0 Å². The molecule has 0 atom stereocenters. The zero-order chi connectivity index (χ0) is 17.3. The largest absolute Gasteiger partial charge is 0.465 e. The number of alkyl halides is 7. The van der Waals surface area contributed by atoms with E-state index in [2.05, 4.69) is 4.74 Å². The maximum atomic E-state index is 13.4. The van der Waals surface area contributed by atoms with Crippen LogP contribution in [0.25, 0.3) is 0 Å². The second-order valence-corrected chi connectivity index (χ2v) is 4.01. The summed E-state index contributed by atoms with van der Waals surface area (Å²) in [6, 6.07) is 3.31. The number of methoxy groups -OCH3 is 1. The van der Waals surface area contributed by atoms with Gasteiger partial charge in [0.25, 0.3) is 0 Å². The summed E-state index contributed by atoms with van der Waals surface area (Å²) < 4.78 is 92.7. The van der Waals surface area contributed by atoms with Crippen molar-refractivity contribution in [3.8, 4) is 0 Å². The number of Topliss-reactive ketones (excluding diaryl/α,β-unsaturated/α-hetero) is 1. The molecule has 0 unspecified atom stereocenters. The third-order valence-corrected chi connectivity index (χ3v) is 2.61. The molecule has 0 aliphatic heterocycles. The Labute approximate surface area is 118 Å². The average Bonchev–Trinajstić information content (AvgIpc) is 2.44. The molecular formula is C12H7F7O3. The zero-order valence-electron chi connectivity index (χ0n) is 10.7. The number of ketones is 1. The fraction of sp³-hybridized carbons (Fsp3) is 0.333. The number of esters is 1. The molecule has 122 valence electrons. The Morgan fingerprint density at radius 3 is 1.77 bits per heavy atom. The molecule has 22 heavy (non-hydrogen) atoms. The number of rotatable bonds is 4. The summed E-state index contributed by atoms with van der Waals surface area (Å²) in [5, 5.41) is 0. The quantitative estimate of drug-likeness (QED) is 0.482. The van der Waals surface area contributed by atoms with Crippen LogP contribution >= 0.6 is 0 Å². The fourth-order valence-electron chi connectivity index (χ4n) is 1.46. The van der Waals surface area contributed by atoms with E-state index in [0.29, 0.717) is 6.07 Å². The van der Waals surface area contributed by atoms with Gasteiger partial charge >= 0.3 is 24.0 Å². The van der Waals surface area contributed by atoms with E-state index in [1.165, 1.54) is 0 Å². The number of hydrogen-bond acceptors (Lipinski definition) is 3. The summed E-state index contributed by atoms with van der Waals surface area (Å²) in [6.45, 7) is 0. The lowest BCUT2D eigenvalue weighted by Crippen LogP contribution is -2.56. The molecule has 0 N–H and O–H groups in total. The molecule has 0 saturated heterocycles. The zero-order valence-corrected chi connectivity index (χ0v) is 10.7. The highest BCUT2D eigenvalue weighted by Crippen LogP contribution is 2.47. The summed E-state index contributed by atoms with van der Waals surface area (Å²) in [5.41, 5.74) is -2.16. The monoisotopic (exact) mass is 332 g/mol. The van der Waals surface area contributed by atoms with Gasteiger partial charge in [-0.1, -0.05) is 18.2 Å². The van der Waals surface area contributed by atoms with E-state index in [4.69, 9.17) is 0 Å². The van der Waals surface area contributed by atoms with E-state index >= 15 is 0 Å². The van der Waals surface area contributed by atoms with Gasteiger partial charge < -0.3 is 4.74 Å². The van der Waals surface area contributed by atoms with Crippen molar-refractivity contribution >= 4 is 11.8 Å². The lowest BCUT2D eigenvalue weighted by molar-refractivity contribution is -0.339. The van der Waals surface area contributed by atoms with E-state index in [1.54, 1.807) is 0 Å². The van der Waals surface area contributed by atoms with Gasteiger partial charge in [0.05, 0.1) is 12.7 Å². The Kier molecular flexibility index (Phi) is 4.54. The minimum absolute atomic E-state index is 0.523. The molecule has 0 radical (unpaired) electrons. The van der Waals surface area contributed by atoms with Gasteiger partial charge in [0.1, 0.15) is 0 Å². The van der Waals surface area contributed by atoms with Gasteiger partial charge in [-0.25, -0.2) is 4.79 Å². The van der Waals surface area contributed by atoms with E-state index < -0.39 is 40.9 Å². The number of ether oxygens (including phenoxy) is 1. The minimum atomic E-state index is -6.65. The number of carbonyl (C=O) groups is 2. The van der Waals surface area contributed by atoms with E-state index in [9.17, 15) is 40.3 Å². The molecule has 1 rings (SSSR count).